The molecule has 1 aromatic rings. The third-order valence-corrected chi connectivity index (χ3v) is 3.74. The van der Waals surface area contributed by atoms with Gasteiger partial charge >= 0.3 is 11.8 Å². The molecule has 1 aliphatic rings. The molecule has 2 amide bonds. The van der Waals surface area contributed by atoms with Gasteiger partial charge in [-0.25, -0.2) is 4.39 Å². The number of halogens is 1. The minimum Gasteiger partial charge on any atom is -0.335 e. The second-order valence-electron chi connectivity index (χ2n) is 5.17. The van der Waals surface area contributed by atoms with Gasteiger partial charge in [-0.15, -0.1) is 0 Å². The number of nitrogens with one attached hydrogen (secondary N) is 1. The van der Waals surface area contributed by atoms with Gasteiger partial charge in [-0.3, -0.25) is 9.59 Å². The van der Waals surface area contributed by atoms with E-state index in [1.54, 1.807) is 7.05 Å². The molecule has 1 N–H and O–H groups in total. The van der Waals surface area contributed by atoms with E-state index in [1.165, 1.54) is 35.6 Å². The first-order chi connectivity index (χ1) is 9.58. The molecule has 0 atom stereocenters. The molecule has 108 valence electrons. The molecule has 0 spiro atoms. The molecule has 0 aliphatic heterocycles. The minimum atomic E-state index is -0.676. The van der Waals surface area contributed by atoms with Gasteiger partial charge in [0.25, 0.3) is 0 Å². The molecule has 0 saturated heterocycles. The van der Waals surface area contributed by atoms with Crippen LogP contribution in [0.15, 0.2) is 24.3 Å². The van der Waals surface area contributed by atoms with Crippen molar-refractivity contribution in [3.63, 3.8) is 0 Å². The highest BCUT2D eigenvalue weighted by molar-refractivity contribution is 6.39. The third-order valence-electron chi connectivity index (χ3n) is 3.74. The number of carbonyl (C=O) groups excluding carboxylic acids is 2. The molecule has 0 radical (unpaired) electrons. The van der Waals surface area contributed by atoms with Crippen molar-refractivity contribution in [2.24, 2.45) is 0 Å². The van der Waals surface area contributed by atoms with Gasteiger partial charge in [0, 0.05) is 18.8 Å². The second kappa shape index (κ2) is 6.50. The Morgan fingerprint density at radius 3 is 2.35 bits per heavy atom. The van der Waals surface area contributed by atoms with E-state index in [-0.39, 0.29) is 11.9 Å². The van der Waals surface area contributed by atoms with E-state index in [0.29, 0.717) is 5.69 Å². The molecule has 0 bridgehead atoms. The summed E-state index contributed by atoms with van der Waals surface area (Å²) in [5, 5.41) is 2.49. The maximum absolute atomic E-state index is 12.8. The van der Waals surface area contributed by atoms with E-state index in [1.807, 2.05) is 0 Å². The summed E-state index contributed by atoms with van der Waals surface area (Å²) in [6.07, 6.45) is 5.29. The summed E-state index contributed by atoms with van der Waals surface area (Å²) in [4.78, 5) is 25.5. The smallest absolute Gasteiger partial charge is 0.313 e. The van der Waals surface area contributed by atoms with Crippen molar-refractivity contribution in [2.75, 3.05) is 12.4 Å². The van der Waals surface area contributed by atoms with E-state index >= 15 is 0 Å². The molecule has 4 nitrogen and oxygen atoms in total. The lowest BCUT2D eigenvalue weighted by Crippen LogP contribution is -2.44. The zero-order chi connectivity index (χ0) is 14.5. The lowest BCUT2D eigenvalue weighted by atomic mass is 9.94. The monoisotopic (exact) mass is 278 g/mol. The van der Waals surface area contributed by atoms with Crippen LogP contribution in [-0.2, 0) is 9.59 Å². The Morgan fingerprint density at radius 2 is 1.75 bits per heavy atom. The van der Waals surface area contributed by atoms with Crippen molar-refractivity contribution >= 4 is 17.5 Å². The molecule has 0 aromatic heterocycles. The zero-order valence-electron chi connectivity index (χ0n) is 11.6. The van der Waals surface area contributed by atoms with Crippen LogP contribution in [0.2, 0.25) is 0 Å². The Balaban J connectivity index is 1.93. The molecule has 0 unspecified atom stereocenters. The van der Waals surface area contributed by atoms with Crippen LogP contribution in [0.5, 0.6) is 0 Å². The number of anilines is 1. The molecule has 1 aliphatic carbocycles. The number of amides is 2. The molecule has 20 heavy (non-hydrogen) atoms. The molecule has 0 heterocycles. The van der Waals surface area contributed by atoms with Gasteiger partial charge < -0.3 is 10.2 Å². The van der Waals surface area contributed by atoms with E-state index in [9.17, 15) is 14.0 Å². The highest BCUT2D eigenvalue weighted by Crippen LogP contribution is 2.21. The first kappa shape index (κ1) is 14.5. The third kappa shape index (κ3) is 3.56. The number of nitrogens with zero attached hydrogens (tertiary/aromatic N) is 1. The topological polar surface area (TPSA) is 49.4 Å². The Kier molecular flexibility index (Phi) is 4.71. The lowest BCUT2D eigenvalue weighted by Gasteiger charge is -2.30. The van der Waals surface area contributed by atoms with Gasteiger partial charge in [-0.05, 0) is 37.1 Å². The van der Waals surface area contributed by atoms with Crippen LogP contribution in [-0.4, -0.2) is 29.8 Å². The van der Waals surface area contributed by atoms with Gasteiger partial charge in [0.05, 0.1) is 0 Å². The van der Waals surface area contributed by atoms with Crippen LogP contribution in [0.3, 0.4) is 0 Å². The van der Waals surface area contributed by atoms with Crippen LogP contribution in [0.1, 0.15) is 32.1 Å². The molecular weight excluding hydrogens is 259 g/mol. The van der Waals surface area contributed by atoms with E-state index in [2.05, 4.69) is 5.32 Å². The average Bonchev–Trinajstić information content (AvgIpc) is 2.49. The second-order valence-corrected chi connectivity index (χ2v) is 5.17. The first-order valence-corrected chi connectivity index (χ1v) is 6.91. The van der Waals surface area contributed by atoms with Crippen molar-refractivity contribution in [1.29, 1.82) is 0 Å². The fraction of sp³-hybridized carbons (Fsp3) is 0.467. The largest absolute Gasteiger partial charge is 0.335 e. The minimum absolute atomic E-state index is 0.148. The van der Waals surface area contributed by atoms with Gasteiger partial charge in [-0.2, -0.15) is 0 Å². The summed E-state index contributed by atoms with van der Waals surface area (Å²) < 4.78 is 12.8. The summed E-state index contributed by atoms with van der Waals surface area (Å²) in [7, 11) is 1.67. The van der Waals surface area contributed by atoms with E-state index < -0.39 is 11.8 Å². The maximum Gasteiger partial charge on any atom is 0.313 e. The number of carbonyl (C=O) groups is 2. The summed E-state index contributed by atoms with van der Waals surface area (Å²) >= 11 is 0. The highest BCUT2D eigenvalue weighted by Gasteiger charge is 2.26. The standard InChI is InChI=1S/C15H19FN2O2/c1-18(13-5-3-2-4-6-13)15(20)14(19)17-12-9-7-11(16)8-10-12/h7-10,13H,2-6H2,1H3,(H,17,19). The Labute approximate surface area is 118 Å². The van der Waals surface area contributed by atoms with Crippen LogP contribution >= 0.6 is 0 Å². The summed E-state index contributed by atoms with van der Waals surface area (Å²) in [6.45, 7) is 0. The summed E-state index contributed by atoms with van der Waals surface area (Å²) in [5.74, 6) is -1.60. The average molecular weight is 278 g/mol. The Morgan fingerprint density at radius 1 is 1.15 bits per heavy atom. The molecule has 1 fully saturated rings. The summed E-state index contributed by atoms with van der Waals surface area (Å²) in [6, 6.07) is 5.49. The number of rotatable bonds is 2. The van der Waals surface area contributed by atoms with Gasteiger partial charge in [0.15, 0.2) is 0 Å². The van der Waals surface area contributed by atoms with Crippen LogP contribution in [0.25, 0.3) is 0 Å². The van der Waals surface area contributed by atoms with Crippen LogP contribution in [0, 0.1) is 5.82 Å². The lowest BCUT2D eigenvalue weighted by molar-refractivity contribution is -0.144. The fourth-order valence-corrected chi connectivity index (χ4v) is 2.51. The number of hydrogen-bond acceptors (Lipinski definition) is 2. The van der Waals surface area contributed by atoms with E-state index in [4.69, 9.17) is 0 Å². The molecule has 1 aromatic carbocycles. The number of hydrogen-bond donors (Lipinski definition) is 1. The van der Waals surface area contributed by atoms with Crippen LogP contribution < -0.4 is 5.32 Å². The van der Waals surface area contributed by atoms with Crippen LogP contribution in [0.4, 0.5) is 10.1 Å². The maximum atomic E-state index is 12.8. The van der Waals surface area contributed by atoms with Crippen molar-refractivity contribution in [3.8, 4) is 0 Å². The Hall–Kier alpha value is -1.91. The van der Waals surface area contributed by atoms with Gasteiger partial charge in [0.1, 0.15) is 5.82 Å². The molecule has 5 heteroatoms. The molecule has 2 rings (SSSR count). The SMILES string of the molecule is CN(C(=O)C(=O)Nc1ccc(F)cc1)C1CCCCC1. The van der Waals surface area contributed by atoms with Gasteiger partial charge in [0.2, 0.25) is 0 Å². The normalized spacial score (nSPS) is 15.7. The fourth-order valence-electron chi connectivity index (χ4n) is 2.51. The highest BCUT2D eigenvalue weighted by atomic mass is 19.1. The van der Waals surface area contributed by atoms with Crippen molar-refractivity contribution in [2.45, 2.75) is 38.1 Å². The van der Waals surface area contributed by atoms with Gasteiger partial charge in [-0.1, -0.05) is 19.3 Å². The molecule has 1 saturated carbocycles. The van der Waals surface area contributed by atoms with Crippen molar-refractivity contribution in [1.82, 2.24) is 4.90 Å². The number of benzene rings is 1. The Bertz CT molecular complexity index is 481. The predicted octanol–water partition coefficient (Wildman–Crippen LogP) is 2.56. The van der Waals surface area contributed by atoms with Crippen molar-refractivity contribution < 1.29 is 14.0 Å². The zero-order valence-corrected chi connectivity index (χ0v) is 11.6. The van der Waals surface area contributed by atoms with E-state index in [0.717, 1.165) is 25.7 Å². The quantitative estimate of drug-likeness (QED) is 0.845. The summed E-state index contributed by atoms with van der Waals surface area (Å²) in [5.41, 5.74) is 0.418. The molecular formula is C15H19FN2O2. The van der Waals surface area contributed by atoms with Crippen molar-refractivity contribution in [3.05, 3.63) is 30.1 Å². The first-order valence-electron chi connectivity index (χ1n) is 6.91. The predicted molar refractivity (Wildman–Crippen MR) is 74.7 cm³/mol. The number of likely N-dealkylation sites (N-methyl/N-ethyl adjacent to an activating group) is 1.